The van der Waals surface area contributed by atoms with E-state index < -0.39 is 17.8 Å². The minimum absolute atomic E-state index is 0.0218. The monoisotopic (exact) mass is 373 g/mol. The number of carboxylic acids is 1. The van der Waals surface area contributed by atoms with Crippen molar-refractivity contribution in [1.82, 2.24) is 10.9 Å². The van der Waals surface area contributed by atoms with Crippen LogP contribution in [0.25, 0.3) is 11.1 Å². The Kier molecular flexibility index (Phi) is 5.50. The molecule has 0 radical (unpaired) electrons. The summed E-state index contributed by atoms with van der Waals surface area (Å²) < 4.78 is 0. The molecule has 0 aliphatic carbocycles. The molecule has 0 saturated carbocycles. The number of aromatic carboxylic acids is 1. The van der Waals surface area contributed by atoms with Gasteiger partial charge in [0.05, 0.1) is 5.97 Å². The molecule has 0 heterocycles. The van der Waals surface area contributed by atoms with Gasteiger partial charge in [-0.2, -0.15) is 0 Å². The first-order valence-electron chi connectivity index (χ1n) is 8.54. The number of carbonyl (C=O) groups excluding carboxylic acids is 3. The Bertz CT molecular complexity index is 1040. The topological polar surface area (TPSA) is 98.3 Å². The molecule has 3 rings (SSSR count). The summed E-state index contributed by atoms with van der Waals surface area (Å²) in [5.74, 6) is -2.36. The van der Waals surface area contributed by atoms with Crippen molar-refractivity contribution in [3.8, 4) is 11.1 Å². The third-order valence-electron chi connectivity index (χ3n) is 4.21. The predicted molar refractivity (Wildman–Crippen MR) is 102 cm³/mol. The maximum atomic E-state index is 12.6. The molecule has 0 fully saturated rings. The number of benzene rings is 3. The van der Waals surface area contributed by atoms with Crippen molar-refractivity contribution < 1.29 is 19.5 Å². The van der Waals surface area contributed by atoms with Gasteiger partial charge in [-0.1, -0.05) is 60.2 Å². The molecule has 0 aliphatic heterocycles. The van der Waals surface area contributed by atoms with E-state index in [4.69, 9.17) is 0 Å². The summed E-state index contributed by atoms with van der Waals surface area (Å²) >= 11 is 0. The van der Waals surface area contributed by atoms with Crippen molar-refractivity contribution in [1.29, 1.82) is 0 Å². The highest BCUT2D eigenvalue weighted by Gasteiger charge is 2.16. The molecule has 0 spiro atoms. The van der Waals surface area contributed by atoms with Gasteiger partial charge in [-0.15, -0.1) is 0 Å². The number of hydrogen-bond donors (Lipinski definition) is 2. The number of carboxylic acid groups (broad SMARTS) is 1. The quantitative estimate of drug-likeness (QED) is 0.684. The number of hydrazine groups is 1. The first-order valence-corrected chi connectivity index (χ1v) is 8.54. The van der Waals surface area contributed by atoms with Gasteiger partial charge in [0.25, 0.3) is 11.8 Å². The van der Waals surface area contributed by atoms with Crippen molar-refractivity contribution in [3.05, 3.63) is 95.1 Å². The zero-order valence-corrected chi connectivity index (χ0v) is 15.1. The molecule has 3 aromatic carbocycles. The minimum atomic E-state index is -1.33. The molecule has 6 heteroatoms. The molecular weight excluding hydrogens is 356 g/mol. The Hall–Kier alpha value is -3.93. The van der Waals surface area contributed by atoms with Gasteiger partial charge in [0.2, 0.25) is 0 Å². The van der Waals surface area contributed by atoms with Crippen molar-refractivity contribution in [2.75, 3.05) is 0 Å². The first kappa shape index (κ1) is 18.8. The van der Waals surface area contributed by atoms with Gasteiger partial charge in [0.15, 0.2) is 0 Å². The lowest BCUT2D eigenvalue weighted by molar-refractivity contribution is -0.254. The molecule has 0 unspecified atom stereocenters. The number of nitrogens with one attached hydrogen (secondary N) is 2. The van der Waals surface area contributed by atoms with Crippen molar-refractivity contribution in [3.63, 3.8) is 0 Å². The van der Waals surface area contributed by atoms with E-state index in [1.54, 1.807) is 66.7 Å². The first-order chi connectivity index (χ1) is 13.5. The zero-order valence-electron chi connectivity index (χ0n) is 15.1. The second-order valence-electron chi connectivity index (χ2n) is 6.15. The van der Waals surface area contributed by atoms with Crippen LogP contribution in [0.5, 0.6) is 0 Å². The van der Waals surface area contributed by atoms with Crippen molar-refractivity contribution in [2.24, 2.45) is 0 Å². The van der Waals surface area contributed by atoms with Crippen LogP contribution in [-0.4, -0.2) is 17.8 Å². The van der Waals surface area contributed by atoms with E-state index in [0.29, 0.717) is 16.7 Å². The number of aryl methyl sites for hydroxylation is 1. The highest BCUT2D eigenvalue weighted by molar-refractivity contribution is 6.05. The van der Waals surface area contributed by atoms with Crippen LogP contribution in [0.15, 0.2) is 72.8 Å². The smallest absolute Gasteiger partial charge is 0.270 e. The lowest BCUT2D eigenvalue weighted by atomic mass is 9.95. The van der Waals surface area contributed by atoms with E-state index in [1.807, 2.05) is 6.92 Å². The average Bonchev–Trinajstić information content (AvgIpc) is 2.72. The Balaban J connectivity index is 1.83. The summed E-state index contributed by atoms with van der Waals surface area (Å²) in [6.07, 6.45) is 0. The summed E-state index contributed by atoms with van der Waals surface area (Å²) in [6.45, 7) is 1.91. The SMILES string of the molecule is Cc1ccc(C(=O)NNC(=O)c2ccccc2-c2ccccc2C(=O)[O-])cc1. The molecular formula is C22H17N2O4-. The molecule has 0 saturated heterocycles. The summed E-state index contributed by atoms with van der Waals surface area (Å²) in [6, 6.07) is 19.7. The van der Waals surface area contributed by atoms with Crippen LogP contribution in [0, 0.1) is 6.92 Å². The maximum absolute atomic E-state index is 12.6. The minimum Gasteiger partial charge on any atom is -0.545 e. The van der Waals surface area contributed by atoms with Crippen LogP contribution in [-0.2, 0) is 0 Å². The van der Waals surface area contributed by atoms with Gasteiger partial charge in [-0.3, -0.25) is 20.4 Å². The molecule has 2 N–H and O–H groups in total. The van der Waals surface area contributed by atoms with Crippen LogP contribution in [0.2, 0.25) is 0 Å². The molecule has 0 aliphatic rings. The average molecular weight is 373 g/mol. The molecule has 2 amide bonds. The summed E-state index contributed by atoms with van der Waals surface area (Å²) in [5, 5.41) is 11.4. The fourth-order valence-corrected chi connectivity index (χ4v) is 2.77. The van der Waals surface area contributed by atoms with E-state index >= 15 is 0 Å². The highest BCUT2D eigenvalue weighted by atomic mass is 16.4. The number of hydrogen-bond acceptors (Lipinski definition) is 4. The van der Waals surface area contributed by atoms with Crippen molar-refractivity contribution in [2.45, 2.75) is 6.92 Å². The van der Waals surface area contributed by atoms with Crippen LogP contribution in [0.3, 0.4) is 0 Å². The Morgan fingerprint density at radius 3 is 1.79 bits per heavy atom. The van der Waals surface area contributed by atoms with Crippen LogP contribution < -0.4 is 16.0 Å². The lowest BCUT2D eigenvalue weighted by Gasteiger charge is -2.14. The van der Waals surface area contributed by atoms with Gasteiger partial charge in [0, 0.05) is 16.7 Å². The van der Waals surface area contributed by atoms with Crippen molar-refractivity contribution >= 4 is 17.8 Å². The second-order valence-corrected chi connectivity index (χ2v) is 6.15. The third-order valence-corrected chi connectivity index (χ3v) is 4.21. The van der Waals surface area contributed by atoms with Crippen LogP contribution >= 0.6 is 0 Å². The molecule has 140 valence electrons. The predicted octanol–water partition coefficient (Wildman–Crippen LogP) is 2.10. The number of carbonyl (C=O) groups is 3. The molecule has 0 aromatic heterocycles. The molecule has 0 atom stereocenters. The zero-order chi connectivity index (χ0) is 20.1. The fraction of sp³-hybridized carbons (Fsp3) is 0.0455. The van der Waals surface area contributed by atoms with E-state index in [9.17, 15) is 19.5 Å². The fourth-order valence-electron chi connectivity index (χ4n) is 2.77. The normalized spacial score (nSPS) is 10.2. The highest BCUT2D eigenvalue weighted by Crippen LogP contribution is 2.26. The lowest BCUT2D eigenvalue weighted by Crippen LogP contribution is -2.41. The number of amides is 2. The summed E-state index contributed by atoms with van der Waals surface area (Å²) in [7, 11) is 0. The largest absolute Gasteiger partial charge is 0.545 e. The van der Waals surface area contributed by atoms with Gasteiger partial charge >= 0.3 is 0 Å². The maximum Gasteiger partial charge on any atom is 0.270 e. The third kappa shape index (κ3) is 4.07. The number of rotatable bonds is 4. The molecule has 28 heavy (non-hydrogen) atoms. The van der Waals surface area contributed by atoms with E-state index in [1.165, 1.54) is 6.07 Å². The van der Waals surface area contributed by atoms with E-state index in [0.717, 1.165) is 5.56 Å². The summed E-state index contributed by atoms with van der Waals surface area (Å²) in [4.78, 5) is 36.2. The van der Waals surface area contributed by atoms with Crippen LogP contribution in [0.1, 0.15) is 36.6 Å². The van der Waals surface area contributed by atoms with Gasteiger partial charge in [0.1, 0.15) is 0 Å². The molecule has 3 aromatic rings. The van der Waals surface area contributed by atoms with Crippen LogP contribution in [0.4, 0.5) is 0 Å². The summed E-state index contributed by atoms with van der Waals surface area (Å²) in [5.41, 5.74) is 7.13. The van der Waals surface area contributed by atoms with E-state index in [-0.39, 0.29) is 11.1 Å². The Morgan fingerprint density at radius 2 is 1.18 bits per heavy atom. The van der Waals surface area contributed by atoms with Gasteiger partial charge < -0.3 is 9.90 Å². The Morgan fingerprint density at radius 1 is 0.679 bits per heavy atom. The van der Waals surface area contributed by atoms with Gasteiger partial charge in [-0.05, 0) is 36.2 Å². The van der Waals surface area contributed by atoms with E-state index in [2.05, 4.69) is 10.9 Å². The second kappa shape index (κ2) is 8.18. The van der Waals surface area contributed by atoms with Gasteiger partial charge in [-0.25, -0.2) is 0 Å². The molecule has 6 nitrogen and oxygen atoms in total. The standard InChI is InChI=1S/C22H18N2O4/c1-14-10-12-15(13-11-14)20(25)23-24-21(26)18-8-4-2-6-16(18)17-7-3-5-9-19(17)22(27)28/h2-13H,1H3,(H,23,25)(H,24,26)(H,27,28)/p-1. The Labute approximate surface area is 161 Å². The molecule has 0 bridgehead atoms.